The molecule has 0 heterocycles. The van der Waals surface area contributed by atoms with Crippen LogP contribution in [0.3, 0.4) is 0 Å². The van der Waals surface area contributed by atoms with E-state index in [0.717, 1.165) is 5.56 Å². The van der Waals surface area contributed by atoms with Crippen molar-refractivity contribution in [2.24, 2.45) is 5.73 Å². The van der Waals surface area contributed by atoms with Crippen LogP contribution in [0, 0.1) is 11.3 Å². The van der Waals surface area contributed by atoms with Gasteiger partial charge in [-0.1, -0.05) is 30.3 Å². The van der Waals surface area contributed by atoms with Gasteiger partial charge in [0.15, 0.2) is 0 Å². The summed E-state index contributed by atoms with van der Waals surface area (Å²) in [6.45, 7) is 2.49. The molecule has 0 aliphatic carbocycles. The number of nitrogens with zero attached hydrogens (tertiary/aromatic N) is 1. The number of nitrogens with one attached hydrogen (secondary N) is 1. The highest BCUT2D eigenvalue weighted by Gasteiger charge is 2.27. The van der Waals surface area contributed by atoms with Gasteiger partial charge in [-0.15, -0.1) is 11.8 Å². The van der Waals surface area contributed by atoms with Crippen molar-refractivity contribution in [2.75, 3.05) is 18.1 Å². The average Bonchev–Trinajstić information content (AvgIpc) is 2.40. The monoisotopic (exact) mass is 263 g/mol. The first kappa shape index (κ1) is 14.6. The molecule has 1 unspecified atom stereocenters. The van der Waals surface area contributed by atoms with Crippen molar-refractivity contribution in [1.29, 1.82) is 5.26 Å². The summed E-state index contributed by atoms with van der Waals surface area (Å²) in [6, 6.07) is 11.4. The van der Waals surface area contributed by atoms with Gasteiger partial charge in [0.25, 0.3) is 0 Å². The number of amides is 1. The van der Waals surface area contributed by atoms with Crippen LogP contribution in [0.1, 0.15) is 12.5 Å². The number of thioether (sulfide) groups is 1. The molecule has 0 aliphatic rings. The van der Waals surface area contributed by atoms with Crippen LogP contribution in [0.5, 0.6) is 0 Å². The maximum absolute atomic E-state index is 11.3. The molecule has 1 amide bonds. The average molecular weight is 263 g/mol. The third-order valence-corrected chi connectivity index (χ3v) is 3.55. The minimum atomic E-state index is -1.04. The summed E-state index contributed by atoms with van der Waals surface area (Å²) < 4.78 is 0. The van der Waals surface area contributed by atoms with Crippen molar-refractivity contribution >= 4 is 17.7 Å². The lowest BCUT2D eigenvalue weighted by Crippen LogP contribution is -2.38. The number of benzene rings is 1. The number of nitriles is 1. The number of rotatable bonds is 6. The molecule has 1 rings (SSSR count). The fraction of sp³-hybridized carbons (Fsp3) is 0.385. The minimum Gasteiger partial charge on any atom is -0.356 e. The fourth-order valence-electron chi connectivity index (χ4n) is 1.47. The largest absolute Gasteiger partial charge is 0.356 e. The predicted octanol–water partition coefficient (Wildman–Crippen LogP) is 1.23. The van der Waals surface area contributed by atoms with E-state index in [9.17, 15) is 10.1 Å². The molecule has 96 valence electrons. The van der Waals surface area contributed by atoms with Gasteiger partial charge in [-0.05, 0) is 12.5 Å². The van der Waals surface area contributed by atoms with Crippen molar-refractivity contribution in [3.63, 3.8) is 0 Å². The van der Waals surface area contributed by atoms with Crippen LogP contribution < -0.4 is 11.1 Å². The van der Waals surface area contributed by atoms with E-state index in [0.29, 0.717) is 18.1 Å². The molecule has 1 aromatic carbocycles. The summed E-state index contributed by atoms with van der Waals surface area (Å²) >= 11 is 1.37. The van der Waals surface area contributed by atoms with Crippen LogP contribution in [-0.2, 0) is 10.3 Å². The second kappa shape index (κ2) is 7.04. The Kier molecular flexibility index (Phi) is 5.69. The first-order valence-electron chi connectivity index (χ1n) is 5.72. The lowest BCUT2D eigenvalue weighted by molar-refractivity contribution is -0.118. The molecule has 0 aliphatic heterocycles. The molecule has 1 atom stereocenters. The van der Waals surface area contributed by atoms with Crippen LogP contribution in [0.25, 0.3) is 0 Å². The Morgan fingerprint density at radius 3 is 2.72 bits per heavy atom. The molecule has 0 aromatic heterocycles. The molecule has 3 N–H and O–H groups in total. The number of carbonyl (C=O) groups is 1. The normalized spacial score (nSPS) is 13.4. The maximum Gasteiger partial charge on any atom is 0.229 e. The summed E-state index contributed by atoms with van der Waals surface area (Å²) in [6.07, 6.45) is 0. The SMILES string of the molecule is CCNC(=O)CSCC(N)(C#N)c1ccccc1. The number of hydrogen-bond acceptors (Lipinski definition) is 4. The van der Waals surface area contributed by atoms with E-state index in [1.807, 2.05) is 37.3 Å². The quantitative estimate of drug-likeness (QED) is 0.809. The third-order valence-electron chi connectivity index (χ3n) is 2.43. The van der Waals surface area contributed by atoms with E-state index in [1.165, 1.54) is 11.8 Å². The molecule has 0 bridgehead atoms. The molecule has 0 saturated heterocycles. The van der Waals surface area contributed by atoms with Gasteiger partial charge in [-0.3, -0.25) is 4.79 Å². The Bertz CT molecular complexity index is 430. The Hall–Kier alpha value is -1.51. The van der Waals surface area contributed by atoms with Gasteiger partial charge in [-0.2, -0.15) is 5.26 Å². The number of nitrogens with two attached hydrogens (primary N) is 1. The zero-order valence-electron chi connectivity index (χ0n) is 10.3. The van der Waals surface area contributed by atoms with Crippen LogP contribution in [0.15, 0.2) is 30.3 Å². The molecular weight excluding hydrogens is 246 g/mol. The molecule has 0 radical (unpaired) electrons. The molecule has 0 fully saturated rings. The van der Waals surface area contributed by atoms with E-state index in [1.54, 1.807) is 0 Å². The molecule has 0 saturated carbocycles. The zero-order valence-corrected chi connectivity index (χ0v) is 11.2. The van der Waals surface area contributed by atoms with Gasteiger partial charge >= 0.3 is 0 Å². The highest BCUT2D eigenvalue weighted by Crippen LogP contribution is 2.22. The molecule has 5 heteroatoms. The number of carbonyl (C=O) groups excluding carboxylic acids is 1. The van der Waals surface area contributed by atoms with Crippen LogP contribution >= 0.6 is 11.8 Å². The first-order valence-corrected chi connectivity index (χ1v) is 6.88. The van der Waals surface area contributed by atoms with Gasteiger partial charge < -0.3 is 11.1 Å². The molecular formula is C13H17N3OS. The molecule has 0 spiro atoms. The standard InChI is InChI=1S/C13H17N3OS/c1-2-16-12(17)8-18-10-13(15,9-14)11-6-4-3-5-7-11/h3-7H,2,8,10,15H2,1H3,(H,16,17). The first-order chi connectivity index (χ1) is 8.62. The minimum absolute atomic E-state index is 0.0316. The fourth-order valence-corrected chi connectivity index (χ4v) is 2.41. The Morgan fingerprint density at radius 2 is 2.17 bits per heavy atom. The molecule has 4 nitrogen and oxygen atoms in total. The summed E-state index contributed by atoms with van der Waals surface area (Å²) in [5.41, 5.74) is 5.80. The zero-order chi connectivity index (χ0) is 13.4. The smallest absolute Gasteiger partial charge is 0.229 e. The predicted molar refractivity (Wildman–Crippen MR) is 73.9 cm³/mol. The van der Waals surface area contributed by atoms with Crippen molar-refractivity contribution in [2.45, 2.75) is 12.5 Å². The lowest BCUT2D eigenvalue weighted by Gasteiger charge is -2.21. The van der Waals surface area contributed by atoms with Crippen LogP contribution in [0.2, 0.25) is 0 Å². The van der Waals surface area contributed by atoms with Crippen molar-refractivity contribution in [3.05, 3.63) is 35.9 Å². The van der Waals surface area contributed by atoms with Gasteiger partial charge in [-0.25, -0.2) is 0 Å². The summed E-state index contributed by atoms with van der Waals surface area (Å²) in [5.74, 6) is 0.683. The Labute approximate surface area is 112 Å². The van der Waals surface area contributed by atoms with E-state index < -0.39 is 5.54 Å². The second-order valence-corrected chi connectivity index (χ2v) is 4.88. The van der Waals surface area contributed by atoms with Crippen LogP contribution in [0.4, 0.5) is 0 Å². The van der Waals surface area contributed by atoms with Crippen LogP contribution in [-0.4, -0.2) is 24.0 Å². The van der Waals surface area contributed by atoms with Crippen molar-refractivity contribution < 1.29 is 4.79 Å². The van der Waals surface area contributed by atoms with Gasteiger partial charge in [0.2, 0.25) is 5.91 Å². The Morgan fingerprint density at radius 1 is 1.50 bits per heavy atom. The summed E-state index contributed by atoms with van der Waals surface area (Å²) in [7, 11) is 0. The van der Waals surface area contributed by atoms with Gasteiger partial charge in [0.05, 0.1) is 11.8 Å². The highest BCUT2D eigenvalue weighted by molar-refractivity contribution is 8.00. The lowest BCUT2D eigenvalue weighted by atomic mass is 9.95. The van der Waals surface area contributed by atoms with Gasteiger partial charge in [0.1, 0.15) is 5.54 Å². The summed E-state index contributed by atoms with van der Waals surface area (Å²) in [5, 5.41) is 11.9. The number of hydrogen-bond donors (Lipinski definition) is 2. The second-order valence-electron chi connectivity index (χ2n) is 3.90. The summed E-state index contributed by atoms with van der Waals surface area (Å²) in [4.78, 5) is 11.3. The van der Waals surface area contributed by atoms with Crippen molar-refractivity contribution in [3.8, 4) is 6.07 Å². The molecule has 1 aromatic rings. The van der Waals surface area contributed by atoms with Crippen molar-refractivity contribution in [1.82, 2.24) is 5.32 Å². The van der Waals surface area contributed by atoms with E-state index in [4.69, 9.17) is 5.73 Å². The topological polar surface area (TPSA) is 78.9 Å². The maximum atomic E-state index is 11.3. The van der Waals surface area contributed by atoms with E-state index in [2.05, 4.69) is 11.4 Å². The highest BCUT2D eigenvalue weighted by atomic mass is 32.2. The van der Waals surface area contributed by atoms with E-state index in [-0.39, 0.29) is 5.91 Å². The van der Waals surface area contributed by atoms with E-state index >= 15 is 0 Å². The Balaban J connectivity index is 2.57. The van der Waals surface area contributed by atoms with Gasteiger partial charge in [0, 0.05) is 12.3 Å². The molecule has 18 heavy (non-hydrogen) atoms. The third kappa shape index (κ3) is 4.06.